The standard InChI is InChI=1S/C17H21N3O3/c1-2-14(16(22)19-10-6-3-7-11-19)20-15(21)12-8-4-5-9-13(12)18-17(20)23/h4-5,8-9,14H,2-3,6-7,10-11H2,1H3,(H,18,23). The lowest BCUT2D eigenvalue weighted by molar-refractivity contribution is -0.136. The van der Waals surface area contributed by atoms with E-state index in [1.807, 2.05) is 6.92 Å². The second-order valence-corrected chi connectivity index (χ2v) is 5.96. The molecule has 1 aliphatic rings. The number of nitrogens with zero attached hydrogens (tertiary/aromatic N) is 2. The van der Waals surface area contributed by atoms with Gasteiger partial charge in [0.25, 0.3) is 5.56 Å². The fraction of sp³-hybridized carbons (Fsp3) is 0.471. The maximum Gasteiger partial charge on any atom is 0.329 e. The van der Waals surface area contributed by atoms with Gasteiger partial charge in [-0.3, -0.25) is 9.59 Å². The molecular formula is C17H21N3O3. The number of carbonyl (C=O) groups is 1. The van der Waals surface area contributed by atoms with Crippen LogP contribution in [0.15, 0.2) is 33.9 Å². The molecule has 0 radical (unpaired) electrons. The number of hydrogen-bond donors (Lipinski definition) is 1. The number of benzene rings is 1. The Morgan fingerprint density at radius 1 is 1.17 bits per heavy atom. The first-order valence-corrected chi connectivity index (χ1v) is 8.16. The van der Waals surface area contributed by atoms with Crippen LogP contribution in [0.25, 0.3) is 10.9 Å². The summed E-state index contributed by atoms with van der Waals surface area (Å²) in [6.07, 6.45) is 3.49. The quantitative estimate of drug-likeness (QED) is 0.936. The molecule has 1 fully saturated rings. The van der Waals surface area contributed by atoms with Gasteiger partial charge in [0.05, 0.1) is 10.9 Å². The third-order valence-electron chi connectivity index (χ3n) is 4.49. The van der Waals surface area contributed by atoms with Gasteiger partial charge in [-0.1, -0.05) is 19.1 Å². The van der Waals surface area contributed by atoms with Crippen LogP contribution in [-0.2, 0) is 4.79 Å². The van der Waals surface area contributed by atoms with E-state index in [1.165, 1.54) is 0 Å². The topological polar surface area (TPSA) is 75.2 Å². The van der Waals surface area contributed by atoms with E-state index in [9.17, 15) is 14.4 Å². The number of aromatic nitrogens is 2. The fourth-order valence-electron chi connectivity index (χ4n) is 3.25. The number of piperidine rings is 1. The Balaban J connectivity index is 2.07. The number of aromatic amines is 1. The number of likely N-dealkylation sites (tertiary alicyclic amines) is 1. The van der Waals surface area contributed by atoms with Crippen molar-refractivity contribution in [2.75, 3.05) is 13.1 Å². The van der Waals surface area contributed by atoms with Crippen LogP contribution in [0, 0.1) is 0 Å². The van der Waals surface area contributed by atoms with E-state index in [0.717, 1.165) is 23.8 Å². The van der Waals surface area contributed by atoms with E-state index in [2.05, 4.69) is 4.98 Å². The molecule has 1 amide bonds. The summed E-state index contributed by atoms with van der Waals surface area (Å²) in [4.78, 5) is 42.4. The summed E-state index contributed by atoms with van der Waals surface area (Å²) in [6, 6.07) is 6.13. The molecule has 2 aromatic rings. The largest absolute Gasteiger partial charge is 0.341 e. The molecule has 0 bridgehead atoms. The highest BCUT2D eigenvalue weighted by Gasteiger charge is 2.28. The van der Waals surface area contributed by atoms with Gasteiger partial charge >= 0.3 is 5.69 Å². The Hall–Kier alpha value is -2.37. The van der Waals surface area contributed by atoms with Gasteiger partial charge in [0.15, 0.2) is 0 Å². The van der Waals surface area contributed by atoms with E-state index in [4.69, 9.17) is 0 Å². The summed E-state index contributed by atoms with van der Waals surface area (Å²) in [5, 5.41) is 0.428. The Labute approximate surface area is 133 Å². The second-order valence-electron chi connectivity index (χ2n) is 5.96. The van der Waals surface area contributed by atoms with Crippen LogP contribution in [0.3, 0.4) is 0 Å². The van der Waals surface area contributed by atoms with Crippen LogP contribution in [0.5, 0.6) is 0 Å². The number of H-pyrrole nitrogens is 1. The normalized spacial score (nSPS) is 16.5. The van der Waals surface area contributed by atoms with Crippen molar-refractivity contribution in [2.24, 2.45) is 0 Å². The Bertz CT molecular complexity index is 831. The van der Waals surface area contributed by atoms with Crippen LogP contribution in [0.4, 0.5) is 0 Å². The lowest BCUT2D eigenvalue weighted by Gasteiger charge is -2.30. The monoisotopic (exact) mass is 315 g/mol. The summed E-state index contributed by atoms with van der Waals surface area (Å²) in [5.74, 6) is -0.130. The molecule has 6 nitrogen and oxygen atoms in total. The van der Waals surface area contributed by atoms with Crippen LogP contribution in [0.1, 0.15) is 38.6 Å². The summed E-state index contributed by atoms with van der Waals surface area (Å²) in [5.41, 5.74) is -0.425. The van der Waals surface area contributed by atoms with E-state index in [1.54, 1.807) is 29.2 Å². The summed E-state index contributed by atoms with van der Waals surface area (Å²) in [6.45, 7) is 3.23. The van der Waals surface area contributed by atoms with Crippen molar-refractivity contribution in [3.63, 3.8) is 0 Å². The predicted molar refractivity (Wildman–Crippen MR) is 88.6 cm³/mol. The number of fused-ring (bicyclic) bond motifs is 1. The SMILES string of the molecule is CCC(C(=O)N1CCCCC1)n1c(=O)[nH]c2ccccc2c1=O. The molecule has 1 saturated heterocycles. The molecule has 0 spiro atoms. The molecule has 23 heavy (non-hydrogen) atoms. The van der Waals surface area contributed by atoms with Gasteiger partial charge < -0.3 is 9.88 Å². The van der Waals surface area contributed by atoms with Gasteiger partial charge in [0.1, 0.15) is 6.04 Å². The zero-order valence-electron chi connectivity index (χ0n) is 13.2. The van der Waals surface area contributed by atoms with Crippen LogP contribution >= 0.6 is 0 Å². The van der Waals surface area contributed by atoms with Gasteiger partial charge in [-0.15, -0.1) is 0 Å². The van der Waals surface area contributed by atoms with Crippen molar-refractivity contribution in [1.82, 2.24) is 14.5 Å². The van der Waals surface area contributed by atoms with Gasteiger partial charge in [0.2, 0.25) is 5.91 Å². The molecule has 3 rings (SSSR count). The van der Waals surface area contributed by atoms with Crippen molar-refractivity contribution in [3.05, 3.63) is 45.1 Å². The first-order valence-electron chi connectivity index (χ1n) is 8.16. The zero-order valence-corrected chi connectivity index (χ0v) is 13.2. The smallest absolute Gasteiger partial charge is 0.329 e. The molecule has 6 heteroatoms. The third kappa shape index (κ3) is 2.81. The van der Waals surface area contributed by atoms with E-state index < -0.39 is 17.3 Å². The zero-order chi connectivity index (χ0) is 16.4. The van der Waals surface area contributed by atoms with Gasteiger partial charge in [-0.25, -0.2) is 9.36 Å². The molecule has 1 aliphatic heterocycles. The number of hydrogen-bond acceptors (Lipinski definition) is 3. The molecular weight excluding hydrogens is 294 g/mol. The number of rotatable bonds is 3. The number of para-hydroxylation sites is 1. The second kappa shape index (κ2) is 6.40. The predicted octanol–water partition coefficient (Wildman–Crippen LogP) is 1.65. The van der Waals surface area contributed by atoms with Crippen molar-refractivity contribution in [1.29, 1.82) is 0 Å². The first kappa shape index (κ1) is 15.5. The van der Waals surface area contributed by atoms with Crippen LogP contribution < -0.4 is 11.2 Å². The summed E-state index contributed by atoms with van der Waals surface area (Å²) < 4.78 is 1.08. The minimum Gasteiger partial charge on any atom is -0.341 e. The van der Waals surface area contributed by atoms with Crippen molar-refractivity contribution in [2.45, 2.75) is 38.6 Å². The molecule has 1 atom stereocenters. The lowest BCUT2D eigenvalue weighted by Crippen LogP contribution is -2.47. The maximum absolute atomic E-state index is 12.8. The van der Waals surface area contributed by atoms with Gasteiger partial charge in [0, 0.05) is 13.1 Å². The lowest BCUT2D eigenvalue weighted by atomic mass is 10.1. The summed E-state index contributed by atoms with van der Waals surface area (Å²) >= 11 is 0. The minimum absolute atomic E-state index is 0.130. The molecule has 122 valence electrons. The Morgan fingerprint density at radius 3 is 2.57 bits per heavy atom. The minimum atomic E-state index is -0.742. The third-order valence-corrected chi connectivity index (χ3v) is 4.49. The van der Waals surface area contributed by atoms with Crippen LogP contribution in [0.2, 0.25) is 0 Å². The Morgan fingerprint density at radius 2 is 1.87 bits per heavy atom. The molecule has 1 aromatic heterocycles. The van der Waals surface area contributed by atoms with Gasteiger partial charge in [-0.05, 0) is 37.8 Å². The van der Waals surface area contributed by atoms with Gasteiger partial charge in [-0.2, -0.15) is 0 Å². The van der Waals surface area contributed by atoms with Crippen molar-refractivity contribution >= 4 is 16.8 Å². The molecule has 0 aliphatic carbocycles. The number of nitrogens with one attached hydrogen (secondary N) is 1. The highest BCUT2D eigenvalue weighted by Crippen LogP contribution is 2.17. The average molecular weight is 315 g/mol. The van der Waals surface area contributed by atoms with E-state index in [0.29, 0.717) is 30.4 Å². The molecule has 1 aromatic carbocycles. The Kier molecular flexibility index (Phi) is 4.32. The van der Waals surface area contributed by atoms with E-state index in [-0.39, 0.29) is 5.91 Å². The van der Waals surface area contributed by atoms with Crippen molar-refractivity contribution < 1.29 is 4.79 Å². The maximum atomic E-state index is 12.8. The highest BCUT2D eigenvalue weighted by molar-refractivity contribution is 5.82. The fourth-order valence-corrected chi connectivity index (χ4v) is 3.25. The van der Waals surface area contributed by atoms with Crippen LogP contribution in [-0.4, -0.2) is 33.4 Å². The molecule has 0 saturated carbocycles. The number of amides is 1. The molecule has 1 unspecified atom stereocenters. The molecule has 2 heterocycles. The summed E-state index contributed by atoms with van der Waals surface area (Å²) in [7, 11) is 0. The first-order chi connectivity index (χ1) is 11.1. The van der Waals surface area contributed by atoms with Crippen molar-refractivity contribution in [3.8, 4) is 0 Å². The highest BCUT2D eigenvalue weighted by atomic mass is 16.2. The molecule has 1 N–H and O–H groups in total. The van der Waals surface area contributed by atoms with E-state index >= 15 is 0 Å². The average Bonchev–Trinajstić information content (AvgIpc) is 2.59. The number of carbonyl (C=O) groups excluding carboxylic acids is 1.